The molecular weight excluding hydrogens is 216 g/mol. The summed E-state index contributed by atoms with van der Waals surface area (Å²) in [5.74, 6) is -2.53. The number of ketones is 1. The van der Waals surface area contributed by atoms with Gasteiger partial charge in [-0.15, -0.1) is 0 Å². The Balaban J connectivity index is 2.27. The van der Waals surface area contributed by atoms with E-state index in [1.54, 1.807) is 0 Å². The third-order valence-corrected chi connectivity index (χ3v) is 2.66. The van der Waals surface area contributed by atoms with Gasteiger partial charge in [0.1, 0.15) is 11.6 Å². The number of carbonyl (C=O) groups is 1. The van der Waals surface area contributed by atoms with E-state index in [9.17, 15) is 13.6 Å². The Labute approximate surface area is 91.2 Å². The number of hydrogen-bond acceptors (Lipinski definition) is 3. The monoisotopic (exact) mass is 227 g/mol. The van der Waals surface area contributed by atoms with E-state index in [0.717, 1.165) is 12.1 Å². The van der Waals surface area contributed by atoms with Gasteiger partial charge >= 0.3 is 0 Å². The van der Waals surface area contributed by atoms with Gasteiger partial charge in [-0.3, -0.25) is 4.79 Å². The molecule has 0 saturated carbocycles. The summed E-state index contributed by atoms with van der Waals surface area (Å²) in [7, 11) is 0. The fourth-order valence-corrected chi connectivity index (χ4v) is 1.73. The number of Topliss-reactive ketones (excluding diaryl/α,β-unsaturated/α-hetero) is 1. The average Bonchev–Trinajstić information content (AvgIpc) is 2.63. The second-order valence-corrected chi connectivity index (χ2v) is 3.80. The molecule has 1 aromatic rings. The van der Waals surface area contributed by atoms with Crippen molar-refractivity contribution in [3.8, 4) is 0 Å². The van der Waals surface area contributed by atoms with E-state index in [4.69, 9.17) is 10.5 Å². The molecule has 1 aromatic carbocycles. The van der Waals surface area contributed by atoms with Crippen molar-refractivity contribution in [1.29, 1.82) is 0 Å². The quantitative estimate of drug-likeness (QED) is 0.770. The third-order valence-electron chi connectivity index (χ3n) is 2.66. The second-order valence-electron chi connectivity index (χ2n) is 3.80. The first-order valence-corrected chi connectivity index (χ1v) is 4.92. The fourth-order valence-electron chi connectivity index (χ4n) is 1.73. The Morgan fingerprint density at radius 1 is 1.38 bits per heavy atom. The van der Waals surface area contributed by atoms with Crippen molar-refractivity contribution < 1.29 is 18.3 Å². The molecule has 2 atom stereocenters. The van der Waals surface area contributed by atoms with Crippen molar-refractivity contribution >= 4 is 5.78 Å². The maximum atomic E-state index is 13.3. The smallest absolute Gasteiger partial charge is 0.172 e. The molecule has 0 bridgehead atoms. The molecule has 1 aliphatic rings. The lowest BCUT2D eigenvalue weighted by Crippen LogP contribution is -2.34. The van der Waals surface area contributed by atoms with Crippen molar-refractivity contribution in [2.75, 3.05) is 13.2 Å². The molecule has 86 valence electrons. The Morgan fingerprint density at radius 2 is 2.12 bits per heavy atom. The van der Waals surface area contributed by atoms with Crippen LogP contribution in [0.2, 0.25) is 0 Å². The van der Waals surface area contributed by atoms with Gasteiger partial charge in [0.2, 0.25) is 0 Å². The molecule has 0 aliphatic carbocycles. The molecular formula is C11H11F2NO2. The SMILES string of the molecule is NC1COCC1C(=O)c1ccc(F)cc1F. The molecule has 0 amide bonds. The van der Waals surface area contributed by atoms with Gasteiger partial charge in [-0.05, 0) is 12.1 Å². The van der Waals surface area contributed by atoms with Crippen LogP contribution >= 0.6 is 0 Å². The van der Waals surface area contributed by atoms with Gasteiger partial charge in [0.25, 0.3) is 0 Å². The highest BCUT2D eigenvalue weighted by atomic mass is 19.1. The van der Waals surface area contributed by atoms with E-state index in [0.29, 0.717) is 12.7 Å². The van der Waals surface area contributed by atoms with Gasteiger partial charge in [-0.1, -0.05) is 0 Å². The zero-order chi connectivity index (χ0) is 11.7. The molecule has 1 heterocycles. The number of nitrogens with two attached hydrogens (primary N) is 1. The zero-order valence-electron chi connectivity index (χ0n) is 8.45. The molecule has 0 aromatic heterocycles. The topological polar surface area (TPSA) is 52.3 Å². The summed E-state index contributed by atoms with van der Waals surface area (Å²) >= 11 is 0. The summed E-state index contributed by atoms with van der Waals surface area (Å²) in [6.45, 7) is 0.482. The third kappa shape index (κ3) is 1.96. The fraction of sp³-hybridized carbons (Fsp3) is 0.364. The summed E-state index contributed by atoms with van der Waals surface area (Å²) in [5, 5.41) is 0. The number of halogens is 2. The van der Waals surface area contributed by atoms with Crippen molar-refractivity contribution in [2.45, 2.75) is 6.04 Å². The van der Waals surface area contributed by atoms with Crippen LogP contribution in [0.5, 0.6) is 0 Å². The van der Waals surface area contributed by atoms with Crippen LogP contribution in [0.15, 0.2) is 18.2 Å². The van der Waals surface area contributed by atoms with E-state index < -0.39 is 29.4 Å². The van der Waals surface area contributed by atoms with Gasteiger partial charge in [-0.2, -0.15) is 0 Å². The minimum absolute atomic E-state index is 0.132. The van der Waals surface area contributed by atoms with Gasteiger partial charge in [-0.25, -0.2) is 8.78 Å². The van der Waals surface area contributed by atoms with Crippen molar-refractivity contribution in [1.82, 2.24) is 0 Å². The summed E-state index contributed by atoms with van der Waals surface area (Å²) in [5.41, 5.74) is 5.52. The van der Waals surface area contributed by atoms with Crippen LogP contribution in [-0.4, -0.2) is 25.0 Å². The van der Waals surface area contributed by atoms with Crippen LogP contribution in [0.3, 0.4) is 0 Å². The molecule has 1 saturated heterocycles. The molecule has 3 nitrogen and oxygen atoms in total. The molecule has 1 fully saturated rings. The molecule has 2 rings (SSSR count). The van der Waals surface area contributed by atoms with Crippen LogP contribution in [0, 0.1) is 17.6 Å². The van der Waals surface area contributed by atoms with Crippen molar-refractivity contribution in [3.05, 3.63) is 35.4 Å². The van der Waals surface area contributed by atoms with Crippen molar-refractivity contribution in [3.63, 3.8) is 0 Å². The lowest BCUT2D eigenvalue weighted by Gasteiger charge is -2.12. The van der Waals surface area contributed by atoms with Crippen LogP contribution in [0.1, 0.15) is 10.4 Å². The summed E-state index contributed by atoms with van der Waals surface area (Å²) in [6.07, 6.45) is 0. The van der Waals surface area contributed by atoms with Crippen LogP contribution in [-0.2, 0) is 4.74 Å². The van der Waals surface area contributed by atoms with E-state index in [2.05, 4.69) is 0 Å². The van der Waals surface area contributed by atoms with Crippen molar-refractivity contribution in [2.24, 2.45) is 11.7 Å². The lowest BCUT2D eigenvalue weighted by atomic mass is 9.93. The minimum atomic E-state index is -0.857. The predicted octanol–water partition coefficient (Wildman–Crippen LogP) is 1.12. The summed E-state index contributed by atoms with van der Waals surface area (Å²) < 4.78 is 31.0. The van der Waals surface area contributed by atoms with Crippen LogP contribution in [0.25, 0.3) is 0 Å². The number of carbonyl (C=O) groups excluding carboxylic acids is 1. The maximum Gasteiger partial charge on any atom is 0.172 e. The van der Waals surface area contributed by atoms with Gasteiger partial charge in [0.05, 0.1) is 24.7 Å². The number of hydrogen-bond donors (Lipinski definition) is 1. The van der Waals surface area contributed by atoms with E-state index in [1.807, 2.05) is 0 Å². The Kier molecular flexibility index (Phi) is 2.98. The zero-order valence-corrected chi connectivity index (χ0v) is 8.45. The molecule has 2 unspecified atom stereocenters. The highest BCUT2D eigenvalue weighted by molar-refractivity contribution is 5.98. The first-order valence-electron chi connectivity index (χ1n) is 4.92. The molecule has 0 spiro atoms. The predicted molar refractivity (Wildman–Crippen MR) is 53.0 cm³/mol. The van der Waals surface area contributed by atoms with Crippen LogP contribution in [0.4, 0.5) is 8.78 Å². The Morgan fingerprint density at radius 3 is 2.69 bits per heavy atom. The molecule has 2 N–H and O–H groups in total. The van der Waals surface area contributed by atoms with Gasteiger partial charge < -0.3 is 10.5 Å². The number of benzene rings is 1. The summed E-state index contributed by atoms with van der Waals surface area (Å²) in [4.78, 5) is 11.9. The Bertz CT molecular complexity index is 422. The largest absolute Gasteiger partial charge is 0.379 e. The normalized spacial score (nSPS) is 24.7. The van der Waals surface area contributed by atoms with Gasteiger partial charge in [0.15, 0.2) is 5.78 Å². The lowest BCUT2D eigenvalue weighted by molar-refractivity contribution is 0.0892. The Hall–Kier alpha value is -1.33. The first-order chi connectivity index (χ1) is 7.59. The molecule has 16 heavy (non-hydrogen) atoms. The number of rotatable bonds is 2. The van der Waals surface area contributed by atoms with Gasteiger partial charge in [0, 0.05) is 12.1 Å². The highest BCUT2D eigenvalue weighted by Crippen LogP contribution is 2.20. The summed E-state index contributed by atoms with van der Waals surface area (Å²) in [6, 6.07) is 2.46. The number of ether oxygens (including phenoxy) is 1. The first kappa shape index (κ1) is 11.2. The van der Waals surface area contributed by atoms with E-state index in [1.165, 1.54) is 0 Å². The molecule has 0 radical (unpaired) electrons. The molecule has 1 aliphatic heterocycles. The standard InChI is InChI=1S/C11H11F2NO2/c12-6-1-2-7(9(13)3-6)11(15)8-4-16-5-10(8)14/h1-3,8,10H,4-5,14H2. The minimum Gasteiger partial charge on any atom is -0.379 e. The highest BCUT2D eigenvalue weighted by Gasteiger charge is 2.33. The second kappa shape index (κ2) is 4.27. The maximum absolute atomic E-state index is 13.3. The molecule has 5 heteroatoms. The van der Waals surface area contributed by atoms with Crippen LogP contribution < -0.4 is 5.73 Å². The van der Waals surface area contributed by atoms with E-state index >= 15 is 0 Å². The average molecular weight is 227 g/mol. The van der Waals surface area contributed by atoms with E-state index in [-0.39, 0.29) is 12.2 Å².